The molecule has 0 bridgehead atoms. The van der Waals surface area contributed by atoms with Crippen LogP contribution in [-0.4, -0.2) is 28.0 Å². The molecule has 1 unspecified atom stereocenters. The van der Waals surface area contributed by atoms with E-state index in [0.29, 0.717) is 17.6 Å². The van der Waals surface area contributed by atoms with Gasteiger partial charge in [0.15, 0.2) is 0 Å². The molecule has 90 valence electrons. The van der Waals surface area contributed by atoms with Crippen molar-refractivity contribution < 1.29 is 4.92 Å². The molecule has 7 heteroatoms. The highest BCUT2D eigenvalue weighted by Crippen LogP contribution is 2.18. The Morgan fingerprint density at radius 3 is 3.00 bits per heavy atom. The Balaban J connectivity index is 2.87. The van der Waals surface area contributed by atoms with Gasteiger partial charge in [-0.2, -0.15) is 17.0 Å². The topological polar surface area (TPSA) is 91.8 Å². The van der Waals surface area contributed by atoms with E-state index in [9.17, 15) is 10.1 Å². The van der Waals surface area contributed by atoms with Gasteiger partial charge in [0.2, 0.25) is 0 Å². The maximum atomic E-state index is 10.5. The summed E-state index contributed by atoms with van der Waals surface area (Å²) in [5.41, 5.74) is 0.0116. The second-order valence-corrected chi connectivity index (χ2v) is 4.66. The van der Waals surface area contributed by atoms with Crippen LogP contribution in [0.25, 0.3) is 0 Å². The summed E-state index contributed by atoms with van der Waals surface area (Å²) in [7, 11) is 0. The third-order valence-electron chi connectivity index (χ3n) is 2.16. The molecule has 0 aliphatic heterocycles. The monoisotopic (exact) mass is 252 g/mol. The molecular weight excluding hydrogens is 240 g/mol. The van der Waals surface area contributed by atoms with Crippen LogP contribution in [0.2, 0.25) is 0 Å². The largest absolute Gasteiger partial charge is 0.368 e. The van der Waals surface area contributed by atoms with E-state index < -0.39 is 4.92 Å². The minimum atomic E-state index is -0.567. The third kappa shape index (κ3) is 3.60. The molecule has 17 heavy (non-hydrogen) atoms. The summed E-state index contributed by atoms with van der Waals surface area (Å²) in [5, 5.41) is 22.8. The SMILES string of the molecule is CSC(C)CNc1ncc([N+](=O)[O-])cc1C#N. The first kappa shape index (κ1) is 13.3. The molecule has 1 N–H and O–H groups in total. The molecular formula is C10H12N4O2S. The predicted octanol–water partition coefficient (Wildman–Crippen LogP) is 2.02. The number of aromatic nitrogens is 1. The van der Waals surface area contributed by atoms with Gasteiger partial charge in [0, 0.05) is 17.9 Å². The summed E-state index contributed by atoms with van der Waals surface area (Å²) >= 11 is 1.68. The molecule has 0 aliphatic rings. The molecule has 6 nitrogen and oxygen atoms in total. The van der Waals surface area contributed by atoms with E-state index in [2.05, 4.69) is 10.3 Å². The summed E-state index contributed by atoms with van der Waals surface area (Å²) in [6, 6.07) is 3.12. The van der Waals surface area contributed by atoms with Crippen molar-refractivity contribution in [2.24, 2.45) is 0 Å². The van der Waals surface area contributed by atoms with Crippen molar-refractivity contribution in [3.05, 3.63) is 27.9 Å². The van der Waals surface area contributed by atoms with E-state index >= 15 is 0 Å². The lowest BCUT2D eigenvalue weighted by Crippen LogP contribution is -2.14. The van der Waals surface area contributed by atoms with Gasteiger partial charge in [0.25, 0.3) is 5.69 Å². The smallest absolute Gasteiger partial charge is 0.289 e. The summed E-state index contributed by atoms with van der Waals surface area (Å²) < 4.78 is 0. The Labute approximate surface area is 103 Å². The summed E-state index contributed by atoms with van der Waals surface area (Å²) in [5.74, 6) is 0.388. The Hall–Kier alpha value is -1.81. The van der Waals surface area contributed by atoms with Crippen molar-refractivity contribution in [1.82, 2.24) is 4.98 Å². The van der Waals surface area contributed by atoms with Gasteiger partial charge in [-0.05, 0) is 6.26 Å². The zero-order valence-corrected chi connectivity index (χ0v) is 10.3. The van der Waals surface area contributed by atoms with Crippen molar-refractivity contribution >= 4 is 23.3 Å². The van der Waals surface area contributed by atoms with Crippen LogP contribution >= 0.6 is 11.8 Å². The molecule has 0 spiro atoms. The summed E-state index contributed by atoms with van der Waals surface area (Å²) in [6.45, 7) is 2.69. The summed E-state index contributed by atoms with van der Waals surface area (Å²) in [6.07, 6.45) is 3.13. The third-order valence-corrected chi connectivity index (χ3v) is 3.14. The highest BCUT2D eigenvalue weighted by molar-refractivity contribution is 7.99. The lowest BCUT2D eigenvalue weighted by atomic mass is 10.2. The zero-order valence-electron chi connectivity index (χ0n) is 9.51. The number of nitriles is 1. The molecule has 1 aromatic rings. The lowest BCUT2D eigenvalue weighted by Gasteiger charge is -2.10. The van der Waals surface area contributed by atoms with E-state index in [1.165, 1.54) is 6.07 Å². The number of rotatable bonds is 5. The van der Waals surface area contributed by atoms with Gasteiger partial charge in [-0.25, -0.2) is 4.98 Å². The van der Waals surface area contributed by atoms with Gasteiger partial charge in [0.1, 0.15) is 23.6 Å². The van der Waals surface area contributed by atoms with Gasteiger partial charge < -0.3 is 5.32 Å². The Bertz CT molecular complexity index is 458. The minimum Gasteiger partial charge on any atom is -0.368 e. The van der Waals surface area contributed by atoms with Gasteiger partial charge in [-0.1, -0.05) is 6.92 Å². The number of thioether (sulfide) groups is 1. The van der Waals surface area contributed by atoms with Gasteiger partial charge in [-0.15, -0.1) is 0 Å². The van der Waals surface area contributed by atoms with E-state index in [4.69, 9.17) is 5.26 Å². The Morgan fingerprint density at radius 1 is 1.76 bits per heavy atom. The second kappa shape index (κ2) is 6.06. The molecule has 1 rings (SSSR count). The number of pyridine rings is 1. The van der Waals surface area contributed by atoms with Crippen LogP contribution in [0, 0.1) is 21.4 Å². The Kier molecular flexibility index (Phi) is 4.72. The van der Waals surface area contributed by atoms with Crippen molar-refractivity contribution in [1.29, 1.82) is 5.26 Å². The fourth-order valence-corrected chi connectivity index (χ4v) is 1.35. The molecule has 0 radical (unpaired) electrons. The fraction of sp³-hybridized carbons (Fsp3) is 0.400. The van der Waals surface area contributed by atoms with E-state index in [1.807, 2.05) is 19.2 Å². The average molecular weight is 252 g/mol. The van der Waals surface area contributed by atoms with E-state index in [1.54, 1.807) is 11.8 Å². The van der Waals surface area contributed by atoms with Crippen molar-refractivity contribution in [3.63, 3.8) is 0 Å². The molecule has 0 aromatic carbocycles. The molecule has 0 amide bonds. The van der Waals surface area contributed by atoms with Crippen molar-refractivity contribution in [2.45, 2.75) is 12.2 Å². The highest BCUT2D eigenvalue weighted by Gasteiger charge is 2.12. The Morgan fingerprint density at radius 2 is 2.47 bits per heavy atom. The van der Waals surface area contributed by atoms with Gasteiger partial charge in [-0.3, -0.25) is 10.1 Å². The number of nitrogens with one attached hydrogen (secondary N) is 1. The number of hydrogen-bond donors (Lipinski definition) is 1. The van der Waals surface area contributed by atoms with E-state index in [-0.39, 0.29) is 11.3 Å². The molecule has 1 aromatic heterocycles. The average Bonchev–Trinajstić information content (AvgIpc) is 2.35. The normalized spacial score (nSPS) is 11.6. The van der Waals surface area contributed by atoms with Crippen LogP contribution in [0.1, 0.15) is 12.5 Å². The van der Waals surface area contributed by atoms with Crippen LogP contribution in [0.15, 0.2) is 12.3 Å². The highest BCUT2D eigenvalue weighted by atomic mass is 32.2. The number of anilines is 1. The van der Waals surface area contributed by atoms with Crippen LogP contribution < -0.4 is 5.32 Å². The van der Waals surface area contributed by atoms with Crippen LogP contribution in [0.3, 0.4) is 0 Å². The first-order valence-corrected chi connectivity index (χ1v) is 6.18. The predicted molar refractivity (Wildman–Crippen MR) is 67.1 cm³/mol. The maximum absolute atomic E-state index is 10.5. The molecule has 0 saturated heterocycles. The maximum Gasteiger partial charge on any atom is 0.289 e. The quantitative estimate of drug-likeness (QED) is 0.636. The molecule has 0 saturated carbocycles. The van der Waals surface area contributed by atoms with Gasteiger partial charge >= 0.3 is 0 Å². The zero-order chi connectivity index (χ0) is 12.8. The molecule has 1 atom stereocenters. The number of nitrogens with zero attached hydrogens (tertiary/aromatic N) is 3. The van der Waals surface area contributed by atoms with Crippen molar-refractivity contribution in [3.8, 4) is 6.07 Å². The first-order chi connectivity index (χ1) is 8.08. The molecule has 0 fully saturated rings. The lowest BCUT2D eigenvalue weighted by molar-refractivity contribution is -0.385. The second-order valence-electron chi connectivity index (χ2n) is 3.39. The molecule has 1 heterocycles. The van der Waals surface area contributed by atoms with Crippen LogP contribution in [-0.2, 0) is 0 Å². The van der Waals surface area contributed by atoms with Crippen molar-refractivity contribution in [2.75, 3.05) is 18.1 Å². The fourth-order valence-electron chi connectivity index (χ4n) is 1.10. The van der Waals surface area contributed by atoms with Crippen LogP contribution in [0.5, 0.6) is 0 Å². The minimum absolute atomic E-state index is 0.176. The van der Waals surface area contributed by atoms with Crippen LogP contribution in [0.4, 0.5) is 11.5 Å². The van der Waals surface area contributed by atoms with E-state index in [0.717, 1.165) is 6.20 Å². The standard InChI is InChI=1S/C10H12N4O2S/c1-7(17-2)5-12-10-8(4-11)3-9(6-13-10)14(15)16/h3,6-7H,5H2,1-2H3,(H,12,13). The number of hydrogen-bond acceptors (Lipinski definition) is 6. The number of nitro groups is 1. The summed E-state index contributed by atoms with van der Waals surface area (Å²) in [4.78, 5) is 13.9. The molecule has 0 aliphatic carbocycles. The van der Waals surface area contributed by atoms with Gasteiger partial charge in [0.05, 0.1) is 4.92 Å². The first-order valence-electron chi connectivity index (χ1n) is 4.89.